The Morgan fingerprint density at radius 3 is 2.74 bits per heavy atom. The molecule has 0 saturated carbocycles. The number of carboxylic acids is 1. The highest BCUT2D eigenvalue weighted by Crippen LogP contribution is 2.18. The van der Waals surface area contributed by atoms with Crippen LogP contribution in [0.15, 0.2) is 29.6 Å². The first kappa shape index (κ1) is 16.5. The molecule has 1 aromatic heterocycles. The van der Waals surface area contributed by atoms with Crippen molar-refractivity contribution >= 4 is 28.3 Å². The summed E-state index contributed by atoms with van der Waals surface area (Å²) in [4.78, 5) is 26.6. The topological polar surface area (TPSA) is 112 Å². The van der Waals surface area contributed by atoms with Crippen LogP contribution in [-0.4, -0.2) is 28.1 Å². The lowest BCUT2D eigenvalue weighted by Gasteiger charge is -2.13. The monoisotopic (exact) mass is 331 g/mol. The van der Waals surface area contributed by atoms with Gasteiger partial charge < -0.3 is 9.84 Å². The molecule has 23 heavy (non-hydrogen) atoms. The average Bonchev–Trinajstić information content (AvgIpc) is 2.94. The van der Waals surface area contributed by atoms with Gasteiger partial charge in [-0.15, -0.1) is 11.3 Å². The molecule has 0 fully saturated rings. The average molecular weight is 331 g/mol. The fourth-order valence-corrected chi connectivity index (χ4v) is 2.39. The second kappa shape index (κ2) is 7.38. The maximum Gasteiger partial charge on any atom is 0.309 e. The van der Waals surface area contributed by atoms with Crippen molar-refractivity contribution in [1.29, 1.82) is 5.26 Å². The number of aliphatic carboxylic acids is 1. The fraction of sp³-hybridized carbons (Fsp3) is 0.200. The van der Waals surface area contributed by atoms with Crippen LogP contribution in [-0.2, 0) is 16.0 Å². The molecule has 2 rings (SSSR count). The van der Waals surface area contributed by atoms with E-state index >= 15 is 0 Å². The lowest BCUT2D eigenvalue weighted by Crippen LogP contribution is -2.30. The van der Waals surface area contributed by atoms with Crippen molar-refractivity contribution in [3.63, 3.8) is 0 Å². The van der Waals surface area contributed by atoms with E-state index in [0.29, 0.717) is 22.1 Å². The van der Waals surface area contributed by atoms with Crippen molar-refractivity contribution in [2.75, 3.05) is 5.32 Å². The third-order valence-electron chi connectivity index (χ3n) is 2.78. The van der Waals surface area contributed by atoms with Crippen LogP contribution in [0.2, 0.25) is 0 Å². The lowest BCUT2D eigenvalue weighted by atomic mass is 10.2. The van der Waals surface area contributed by atoms with Gasteiger partial charge in [-0.2, -0.15) is 5.26 Å². The van der Waals surface area contributed by atoms with Gasteiger partial charge in [-0.05, 0) is 31.2 Å². The second-order valence-corrected chi connectivity index (χ2v) is 5.46. The molecule has 0 aliphatic heterocycles. The van der Waals surface area contributed by atoms with Crippen molar-refractivity contribution < 1.29 is 19.4 Å². The third kappa shape index (κ3) is 4.79. The SMILES string of the molecule is C[C@H](Oc1ccc(C#N)cc1)C(=O)Nc1nc(CC(=O)O)cs1. The van der Waals surface area contributed by atoms with Crippen molar-refractivity contribution in [2.24, 2.45) is 0 Å². The number of carboxylic acid groups (broad SMARTS) is 1. The van der Waals surface area contributed by atoms with E-state index in [-0.39, 0.29) is 6.42 Å². The van der Waals surface area contributed by atoms with E-state index in [1.54, 1.807) is 36.6 Å². The van der Waals surface area contributed by atoms with Crippen LogP contribution in [0.25, 0.3) is 0 Å². The fourth-order valence-electron chi connectivity index (χ4n) is 1.67. The van der Waals surface area contributed by atoms with Gasteiger partial charge in [0.15, 0.2) is 11.2 Å². The zero-order valence-corrected chi connectivity index (χ0v) is 13.0. The van der Waals surface area contributed by atoms with Gasteiger partial charge >= 0.3 is 5.97 Å². The van der Waals surface area contributed by atoms with E-state index in [4.69, 9.17) is 15.1 Å². The summed E-state index contributed by atoms with van der Waals surface area (Å²) < 4.78 is 5.48. The highest BCUT2D eigenvalue weighted by atomic mass is 32.1. The van der Waals surface area contributed by atoms with E-state index in [1.165, 1.54) is 0 Å². The molecule has 1 amide bonds. The molecule has 0 saturated heterocycles. The molecule has 118 valence electrons. The van der Waals surface area contributed by atoms with Crippen molar-refractivity contribution in [1.82, 2.24) is 4.98 Å². The Morgan fingerprint density at radius 1 is 1.43 bits per heavy atom. The van der Waals surface area contributed by atoms with E-state index < -0.39 is 18.0 Å². The van der Waals surface area contributed by atoms with Gasteiger partial charge in [-0.25, -0.2) is 4.98 Å². The highest BCUT2D eigenvalue weighted by molar-refractivity contribution is 7.13. The van der Waals surface area contributed by atoms with Crippen LogP contribution >= 0.6 is 11.3 Å². The summed E-state index contributed by atoms with van der Waals surface area (Å²) in [5, 5.41) is 21.9. The summed E-state index contributed by atoms with van der Waals surface area (Å²) in [6.45, 7) is 1.58. The molecule has 0 unspecified atom stereocenters. The number of benzene rings is 1. The first-order valence-electron chi connectivity index (χ1n) is 6.62. The second-order valence-electron chi connectivity index (χ2n) is 4.60. The minimum Gasteiger partial charge on any atom is -0.481 e. The van der Waals surface area contributed by atoms with Crippen molar-refractivity contribution in [3.05, 3.63) is 40.9 Å². The summed E-state index contributed by atoms with van der Waals surface area (Å²) in [5.74, 6) is -0.909. The minimum atomic E-state index is -0.981. The number of thiazole rings is 1. The zero-order valence-electron chi connectivity index (χ0n) is 12.1. The molecular formula is C15H13N3O4S. The molecule has 0 radical (unpaired) electrons. The molecule has 0 spiro atoms. The molecule has 8 heteroatoms. The zero-order chi connectivity index (χ0) is 16.8. The molecule has 1 heterocycles. The Bertz CT molecular complexity index is 749. The van der Waals surface area contributed by atoms with Crippen LogP contribution in [0, 0.1) is 11.3 Å². The minimum absolute atomic E-state index is 0.191. The lowest BCUT2D eigenvalue weighted by molar-refractivity contribution is -0.136. The van der Waals surface area contributed by atoms with Crippen molar-refractivity contribution in [2.45, 2.75) is 19.4 Å². The van der Waals surface area contributed by atoms with Crippen LogP contribution < -0.4 is 10.1 Å². The Morgan fingerprint density at radius 2 is 2.13 bits per heavy atom. The number of rotatable bonds is 6. The number of hydrogen-bond acceptors (Lipinski definition) is 6. The van der Waals surface area contributed by atoms with Crippen LogP contribution in [0.5, 0.6) is 5.75 Å². The molecule has 1 aromatic carbocycles. The van der Waals surface area contributed by atoms with Gasteiger partial charge in [-0.3, -0.25) is 14.9 Å². The number of carbonyl (C=O) groups is 2. The van der Waals surface area contributed by atoms with E-state index in [1.807, 2.05) is 6.07 Å². The van der Waals surface area contributed by atoms with Crippen molar-refractivity contribution in [3.8, 4) is 11.8 Å². The van der Waals surface area contributed by atoms with Gasteiger partial charge in [0.05, 0.1) is 23.7 Å². The summed E-state index contributed by atoms with van der Waals surface area (Å²) in [5.41, 5.74) is 0.890. The van der Waals surface area contributed by atoms with Gasteiger partial charge in [0.25, 0.3) is 5.91 Å². The van der Waals surface area contributed by atoms with Gasteiger partial charge in [0, 0.05) is 5.38 Å². The number of nitriles is 1. The Kier molecular flexibility index (Phi) is 5.28. The van der Waals surface area contributed by atoms with E-state index in [0.717, 1.165) is 11.3 Å². The Labute approximate surface area is 136 Å². The van der Waals surface area contributed by atoms with Crippen LogP contribution in [0.4, 0.5) is 5.13 Å². The summed E-state index contributed by atoms with van der Waals surface area (Å²) >= 11 is 1.15. The number of aromatic nitrogens is 1. The molecule has 2 aromatic rings. The van der Waals surface area contributed by atoms with Crippen LogP contribution in [0.3, 0.4) is 0 Å². The predicted molar refractivity (Wildman–Crippen MR) is 83.3 cm³/mol. The number of nitrogens with one attached hydrogen (secondary N) is 1. The molecule has 0 bridgehead atoms. The summed E-state index contributed by atoms with van der Waals surface area (Å²) in [6, 6.07) is 8.40. The molecule has 1 atom stereocenters. The Balaban J connectivity index is 1.92. The maximum absolute atomic E-state index is 12.0. The maximum atomic E-state index is 12.0. The highest BCUT2D eigenvalue weighted by Gasteiger charge is 2.17. The quantitative estimate of drug-likeness (QED) is 0.837. The first-order valence-corrected chi connectivity index (χ1v) is 7.50. The molecule has 0 aliphatic rings. The number of ether oxygens (including phenoxy) is 1. The summed E-state index contributed by atoms with van der Waals surface area (Å²) in [7, 11) is 0. The molecular weight excluding hydrogens is 318 g/mol. The van der Waals surface area contributed by atoms with E-state index in [9.17, 15) is 9.59 Å². The smallest absolute Gasteiger partial charge is 0.309 e. The molecule has 2 N–H and O–H groups in total. The van der Waals surface area contributed by atoms with Gasteiger partial charge in [0.2, 0.25) is 0 Å². The molecule has 0 aliphatic carbocycles. The van der Waals surface area contributed by atoms with Gasteiger partial charge in [0.1, 0.15) is 5.75 Å². The largest absolute Gasteiger partial charge is 0.481 e. The van der Waals surface area contributed by atoms with Gasteiger partial charge in [-0.1, -0.05) is 0 Å². The molecule has 7 nitrogen and oxygen atoms in total. The number of amides is 1. The number of anilines is 1. The van der Waals surface area contributed by atoms with Crippen LogP contribution in [0.1, 0.15) is 18.2 Å². The predicted octanol–water partition coefficient (Wildman–Crippen LogP) is 2.05. The summed E-state index contributed by atoms with van der Waals surface area (Å²) in [6.07, 6.45) is -0.960. The first-order chi connectivity index (χ1) is 11.0. The van der Waals surface area contributed by atoms with E-state index in [2.05, 4.69) is 10.3 Å². The number of nitrogens with zero attached hydrogens (tertiary/aromatic N) is 2. The standard InChI is InChI=1S/C15H13N3O4S/c1-9(22-12-4-2-10(7-16)3-5-12)14(21)18-15-17-11(8-23-15)6-13(19)20/h2-5,8-9H,6H2,1H3,(H,19,20)(H,17,18,21)/t9-/m0/s1. The number of carbonyl (C=O) groups excluding carboxylic acids is 1. The third-order valence-corrected chi connectivity index (χ3v) is 3.59. The normalized spacial score (nSPS) is 11.3. The Hall–Kier alpha value is -2.92. The number of hydrogen-bond donors (Lipinski definition) is 2.